The lowest BCUT2D eigenvalue weighted by Crippen LogP contribution is -2.44. The predicted molar refractivity (Wildman–Crippen MR) is 72.6 cm³/mol. The van der Waals surface area contributed by atoms with Crippen molar-refractivity contribution in [2.45, 2.75) is 32.7 Å². The molecule has 1 saturated heterocycles. The topological polar surface area (TPSA) is 53.6 Å². The fourth-order valence-electron chi connectivity index (χ4n) is 2.12. The van der Waals surface area contributed by atoms with Crippen LogP contribution in [0.1, 0.15) is 26.7 Å². The first-order chi connectivity index (χ1) is 8.76. The predicted octanol–water partition coefficient (Wildman–Crippen LogP) is 0.213. The minimum Gasteiger partial charge on any atom is -0.378 e. The van der Waals surface area contributed by atoms with E-state index in [0.29, 0.717) is 13.0 Å². The zero-order valence-corrected chi connectivity index (χ0v) is 11.7. The third kappa shape index (κ3) is 6.33. The Labute approximate surface area is 110 Å². The van der Waals surface area contributed by atoms with Crippen molar-refractivity contribution < 1.29 is 9.53 Å². The monoisotopic (exact) mass is 257 g/mol. The van der Waals surface area contributed by atoms with E-state index < -0.39 is 0 Å². The standard InChI is InChI=1S/C13H27N3O2/c1-3-16(4-2)8-5-6-15-13(17)10-12-11-18-9-7-14-12/h12,14H,3-11H2,1-2H3,(H,15,17). The number of carbonyl (C=O) groups excluding carboxylic acids is 1. The Morgan fingerprint density at radius 1 is 1.44 bits per heavy atom. The second-order valence-corrected chi connectivity index (χ2v) is 4.66. The molecule has 0 spiro atoms. The molecule has 1 heterocycles. The number of hydrogen-bond acceptors (Lipinski definition) is 4. The Morgan fingerprint density at radius 3 is 2.83 bits per heavy atom. The first-order valence-corrected chi connectivity index (χ1v) is 7.06. The Balaban J connectivity index is 2.02. The molecule has 0 aliphatic carbocycles. The van der Waals surface area contributed by atoms with Crippen LogP contribution in [0.2, 0.25) is 0 Å². The van der Waals surface area contributed by atoms with Gasteiger partial charge in [0.15, 0.2) is 0 Å². The van der Waals surface area contributed by atoms with E-state index in [1.165, 1.54) is 0 Å². The van der Waals surface area contributed by atoms with Crippen LogP contribution in [0, 0.1) is 0 Å². The van der Waals surface area contributed by atoms with Crippen molar-refractivity contribution in [3.8, 4) is 0 Å². The zero-order chi connectivity index (χ0) is 13.2. The molecule has 2 N–H and O–H groups in total. The molecule has 1 amide bonds. The van der Waals surface area contributed by atoms with E-state index in [-0.39, 0.29) is 11.9 Å². The fourth-order valence-corrected chi connectivity index (χ4v) is 2.12. The van der Waals surface area contributed by atoms with Gasteiger partial charge in [-0.25, -0.2) is 0 Å². The number of nitrogens with zero attached hydrogens (tertiary/aromatic N) is 1. The molecule has 0 aromatic carbocycles. The summed E-state index contributed by atoms with van der Waals surface area (Å²) < 4.78 is 5.32. The molecule has 0 bridgehead atoms. The van der Waals surface area contributed by atoms with Crippen molar-refractivity contribution in [1.82, 2.24) is 15.5 Å². The SMILES string of the molecule is CCN(CC)CCCNC(=O)CC1COCCN1. The molecule has 1 fully saturated rings. The summed E-state index contributed by atoms with van der Waals surface area (Å²) in [6, 6.07) is 0.182. The van der Waals surface area contributed by atoms with Gasteiger partial charge in [-0.05, 0) is 26.1 Å². The third-order valence-electron chi connectivity index (χ3n) is 3.30. The highest BCUT2D eigenvalue weighted by Gasteiger charge is 2.16. The van der Waals surface area contributed by atoms with Crippen molar-refractivity contribution >= 4 is 5.91 Å². The molecule has 1 aliphatic rings. The number of hydrogen-bond donors (Lipinski definition) is 2. The van der Waals surface area contributed by atoms with Crippen LogP contribution < -0.4 is 10.6 Å². The molecule has 1 atom stereocenters. The van der Waals surface area contributed by atoms with Gasteiger partial charge in [0, 0.05) is 25.6 Å². The van der Waals surface area contributed by atoms with E-state index in [4.69, 9.17) is 4.74 Å². The first kappa shape index (κ1) is 15.4. The van der Waals surface area contributed by atoms with Gasteiger partial charge in [-0.3, -0.25) is 4.79 Å². The summed E-state index contributed by atoms with van der Waals surface area (Å²) in [6.07, 6.45) is 1.54. The number of rotatable bonds is 8. The summed E-state index contributed by atoms with van der Waals surface area (Å²) in [7, 11) is 0. The van der Waals surface area contributed by atoms with Crippen LogP contribution in [0.4, 0.5) is 0 Å². The fraction of sp³-hybridized carbons (Fsp3) is 0.923. The maximum atomic E-state index is 11.7. The van der Waals surface area contributed by atoms with Crippen LogP contribution in [0.3, 0.4) is 0 Å². The molecule has 18 heavy (non-hydrogen) atoms. The molecule has 0 saturated carbocycles. The lowest BCUT2D eigenvalue weighted by Gasteiger charge is -2.23. The van der Waals surface area contributed by atoms with Gasteiger partial charge >= 0.3 is 0 Å². The van der Waals surface area contributed by atoms with Crippen LogP contribution in [0.5, 0.6) is 0 Å². The number of nitrogens with one attached hydrogen (secondary N) is 2. The molecule has 1 unspecified atom stereocenters. The molecule has 106 valence electrons. The Bertz CT molecular complexity index is 226. The second kappa shape index (κ2) is 9.30. The quantitative estimate of drug-likeness (QED) is 0.611. The van der Waals surface area contributed by atoms with E-state index in [0.717, 1.165) is 45.8 Å². The van der Waals surface area contributed by atoms with Gasteiger partial charge in [0.25, 0.3) is 0 Å². The lowest BCUT2D eigenvalue weighted by atomic mass is 10.2. The molecule has 1 rings (SSSR count). The minimum absolute atomic E-state index is 0.123. The van der Waals surface area contributed by atoms with Crippen molar-refractivity contribution in [2.24, 2.45) is 0 Å². The smallest absolute Gasteiger partial charge is 0.221 e. The van der Waals surface area contributed by atoms with Crippen molar-refractivity contribution in [3.05, 3.63) is 0 Å². The first-order valence-electron chi connectivity index (χ1n) is 7.06. The summed E-state index contributed by atoms with van der Waals surface area (Å²) in [6.45, 7) is 10.5. The lowest BCUT2D eigenvalue weighted by molar-refractivity contribution is -0.122. The van der Waals surface area contributed by atoms with Crippen LogP contribution in [-0.2, 0) is 9.53 Å². The molecule has 0 radical (unpaired) electrons. The average Bonchev–Trinajstić information content (AvgIpc) is 2.40. The van der Waals surface area contributed by atoms with Gasteiger partial charge in [-0.1, -0.05) is 13.8 Å². The highest BCUT2D eigenvalue weighted by atomic mass is 16.5. The molecule has 0 aromatic heterocycles. The summed E-state index contributed by atoms with van der Waals surface area (Å²) in [5.41, 5.74) is 0. The number of morpholine rings is 1. The minimum atomic E-state index is 0.123. The van der Waals surface area contributed by atoms with Crippen molar-refractivity contribution in [3.63, 3.8) is 0 Å². The van der Waals surface area contributed by atoms with Gasteiger partial charge < -0.3 is 20.3 Å². The second-order valence-electron chi connectivity index (χ2n) is 4.66. The van der Waals surface area contributed by atoms with E-state index in [1.54, 1.807) is 0 Å². The number of ether oxygens (including phenoxy) is 1. The van der Waals surface area contributed by atoms with Crippen molar-refractivity contribution in [2.75, 3.05) is 45.9 Å². The van der Waals surface area contributed by atoms with Gasteiger partial charge in [-0.2, -0.15) is 0 Å². The van der Waals surface area contributed by atoms with Crippen LogP contribution in [-0.4, -0.2) is 62.8 Å². The van der Waals surface area contributed by atoms with E-state index in [1.807, 2.05) is 0 Å². The summed E-state index contributed by atoms with van der Waals surface area (Å²) >= 11 is 0. The highest BCUT2D eigenvalue weighted by Crippen LogP contribution is 1.98. The Hall–Kier alpha value is -0.650. The Kier molecular flexibility index (Phi) is 7.96. The van der Waals surface area contributed by atoms with Crippen LogP contribution in [0.15, 0.2) is 0 Å². The summed E-state index contributed by atoms with van der Waals surface area (Å²) in [5.74, 6) is 0.123. The molecule has 0 aromatic rings. The van der Waals surface area contributed by atoms with Gasteiger partial charge in [0.1, 0.15) is 0 Å². The van der Waals surface area contributed by atoms with E-state index >= 15 is 0 Å². The summed E-state index contributed by atoms with van der Waals surface area (Å²) in [5, 5.41) is 6.26. The molecule has 1 aliphatic heterocycles. The Morgan fingerprint density at radius 2 is 2.22 bits per heavy atom. The van der Waals surface area contributed by atoms with E-state index in [9.17, 15) is 4.79 Å². The molecule has 5 heteroatoms. The van der Waals surface area contributed by atoms with E-state index in [2.05, 4.69) is 29.4 Å². The largest absolute Gasteiger partial charge is 0.378 e. The third-order valence-corrected chi connectivity index (χ3v) is 3.30. The number of carbonyl (C=O) groups is 1. The maximum absolute atomic E-state index is 11.7. The molecular formula is C13H27N3O2. The highest BCUT2D eigenvalue weighted by molar-refractivity contribution is 5.76. The average molecular weight is 257 g/mol. The van der Waals surface area contributed by atoms with Gasteiger partial charge in [0.05, 0.1) is 13.2 Å². The van der Waals surface area contributed by atoms with Crippen LogP contribution in [0.25, 0.3) is 0 Å². The van der Waals surface area contributed by atoms with Gasteiger partial charge in [0.2, 0.25) is 5.91 Å². The maximum Gasteiger partial charge on any atom is 0.221 e. The summed E-state index contributed by atoms with van der Waals surface area (Å²) in [4.78, 5) is 14.0. The number of amides is 1. The molecule has 5 nitrogen and oxygen atoms in total. The molecular weight excluding hydrogens is 230 g/mol. The van der Waals surface area contributed by atoms with Crippen molar-refractivity contribution in [1.29, 1.82) is 0 Å². The zero-order valence-electron chi connectivity index (χ0n) is 11.7. The van der Waals surface area contributed by atoms with Crippen LogP contribution >= 0.6 is 0 Å². The normalized spacial score (nSPS) is 20.1. The van der Waals surface area contributed by atoms with Gasteiger partial charge in [-0.15, -0.1) is 0 Å².